The summed E-state index contributed by atoms with van der Waals surface area (Å²) >= 11 is 0. The van der Waals surface area contributed by atoms with Crippen molar-refractivity contribution in [2.75, 3.05) is 5.32 Å². The number of nitro benzene ring substituents is 1. The van der Waals surface area contributed by atoms with Crippen molar-refractivity contribution in [3.8, 4) is 0 Å². The predicted molar refractivity (Wildman–Crippen MR) is 75.1 cm³/mol. The molecule has 1 aromatic carbocycles. The van der Waals surface area contributed by atoms with Crippen molar-refractivity contribution in [3.05, 3.63) is 58.2 Å². The topological polar surface area (TPSA) is 60.1 Å². The second kappa shape index (κ2) is 6.18. The van der Waals surface area contributed by atoms with Crippen LogP contribution in [-0.4, -0.2) is 9.49 Å². The van der Waals surface area contributed by atoms with Crippen molar-refractivity contribution in [1.29, 1.82) is 0 Å². The Labute approximate surface area is 116 Å². The first kappa shape index (κ1) is 14.0. The van der Waals surface area contributed by atoms with E-state index in [1.807, 2.05) is 18.5 Å². The fourth-order valence-electron chi connectivity index (χ4n) is 2.00. The lowest BCUT2D eigenvalue weighted by Gasteiger charge is -2.06. The Morgan fingerprint density at radius 3 is 2.90 bits per heavy atom. The summed E-state index contributed by atoms with van der Waals surface area (Å²) < 4.78 is 15.2. The molecule has 2 rings (SSSR count). The van der Waals surface area contributed by atoms with Gasteiger partial charge in [-0.3, -0.25) is 10.1 Å². The highest BCUT2D eigenvalue weighted by atomic mass is 19.1. The van der Waals surface area contributed by atoms with Crippen LogP contribution in [0.25, 0.3) is 0 Å². The van der Waals surface area contributed by atoms with Gasteiger partial charge in [0.1, 0.15) is 11.5 Å². The summed E-state index contributed by atoms with van der Waals surface area (Å²) in [6.07, 6.45) is 4.97. The highest BCUT2D eigenvalue weighted by molar-refractivity contribution is 5.61. The van der Waals surface area contributed by atoms with E-state index >= 15 is 0 Å². The lowest BCUT2D eigenvalue weighted by Crippen LogP contribution is -2.02. The van der Waals surface area contributed by atoms with Crippen LogP contribution in [0, 0.1) is 15.9 Å². The molecule has 5 nitrogen and oxygen atoms in total. The number of aryl methyl sites for hydroxylation is 1. The number of nitrogens with one attached hydrogen (secondary N) is 1. The van der Waals surface area contributed by atoms with E-state index in [0.29, 0.717) is 6.54 Å². The van der Waals surface area contributed by atoms with Crippen LogP contribution in [0.1, 0.15) is 18.9 Å². The van der Waals surface area contributed by atoms with E-state index in [1.54, 1.807) is 0 Å². The van der Waals surface area contributed by atoms with E-state index in [4.69, 9.17) is 0 Å². The van der Waals surface area contributed by atoms with Crippen molar-refractivity contribution >= 4 is 11.4 Å². The number of aromatic nitrogens is 1. The molecule has 0 aliphatic heterocycles. The average molecular weight is 277 g/mol. The van der Waals surface area contributed by atoms with Crippen molar-refractivity contribution in [3.63, 3.8) is 0 Å². The molecule has 0 aliphatic rings. The molecule has 106 valence electrons. The smallest absolute Gasteiger partial charge is 0.292 e. The van der Waals surface area contributed by atoms with Crippen molar-refractivity contribution in [1.82, 2.24) is 4.57 Å². The largest absolute Gasteiger partial charge is 0.375 e. The van der Waals surface area contributed by atoms with Gasteiger partial charge in [-0.25, -0.2) is 4.39 Å². The summed E-state index contributed by atoms with van der Waals surface area (Å²) in [4.78, 5) is 10.3. The summed E-state index contributed by atoms with van der Waals surface area (Å²) in [5.74, 6) is -0.498. The zero-order chi connectivity index (χ0) is 14.5. The van der Waals surface area contributed by atoms with Gasteiger partial charge >= 0.3 is 0 Å². The van der Waals surface area contributed by atoms with Crippen LogP contribution >= 0.6 is 0 Å². The van der Waals surface area contributed by atoms with Crippen LogP contribution in [0.4, 0.5) is 15.8 Å². The number of nitro groups is 1. The number of hydrogen-bond acceptors (Lipinski definition) is 3. The summed E-state index contributed by atoms with van der Waals surface area (Å²) in [5, 5.41) is 13.8. The molecule has 0 spiro atoms. The molecular formula is C14H16FN3O2. The third kappa shape index (κ3) is 3.34. The number of hydrogen-bond donors (Lipinski definition) is 1. The minimum absolute atomic E-state index is 0.126. The third-order valence-electron chi connectivity index (χ3n) is 2.93. The Hall–Kier alpha value is -2.37. The summed E-state index contributed by atoms with van der Waals surface area (Å²) in [5.41, 5.74) is 1.06. The maximum Gasteiger partial charge on any atom is 0.292 e. The zero-order valence-electron chi connectivity index (χ0n) is 11.2. The molecule has 0 saturated heterocycles. The molecule has 0 aliphatic carbocycles. The van der Waals surface area contributed by atoms with Crippen LogP contribution < -0.4 is 5.32 Å². The first-order valence-electron chi connectivity index (χ1n) is 6.42. The minimum atomic E-state index is -0.524. The zero-order valence-corrected chi connectivity index (χ0v) is 11.2. The van der Waals surface area contributed by atoms with Crippen LogP contribution in [0.2, 0.25) is 0 Å². The number of benzene rings is 1. The van der Waals surface area contributed by atoms with E-state index in [1.165, 1.54) is 6.07 Å². The molecule has 1 N–H and O–H groups in total. The highest BCUT2D eigenvalue weighted by Crippen LogP contribution is 2.25. The van der Waals surface area contributed by atoms with Crippen LogP contribution in [0.5, 0.6) is 0 Å². The first-order valence-corrected chi connectivity index (χ1v) is 6.42. The van der Waals surface area contributed by atoms with Gasteiger partial charge in [0.05, 0.1) is 4.92 Å². The minimum Gasteiger partial charge on any atom is -0.375 e. The molecule has 0 unspecified atom stereocenters. The number of anilines is 1. The van der Waals surface area contributed by atoms with Gasteiger partial charge in [0.2, 0.25) is 0 Å². The van der Waals surface area contributed by atoms with Gasteiger partial charge in [0.25, 0.3) is 5.69 Å². The number of rotatable bonds is 6. The standard InChI is InChI=1S/C14H16FN3O2/c1-2-6-17-7-5-11(10-17)9-16-13-8-12(15)3-4-14(13)18(19)20/h3-5,7-8,10,16H,2,6,9H2,1H3. The van der Waals surface area contributed by atoms with Gasteiger partial charge in [-0.15, -0.1) is 0 Å². The lowest BCUT2D eigenvalue weighted by atomic mass is 10.2. The van der Waals surface area contributed by atoms with Crippen LogP contribution in [-0.2, 0) is 13.1 Å². The molecule has 0 saturated carbocycles. The predicted octanol–water partition coefficient (Wildman–Crippen LogP) is 3.56. The van der Waals surface area contributed by atoms with Gasteiger partial charge in [0.15, 0.2) is 0 Å². The van der Waals surface area contributed by atoms with E-state index in [-0.39, 0.29) is 11.4 Å². The Bertz CT molecular complexity index is 610. The normalized spacial score (nSPS) is 10.5. The molecule has 0 amide bonds. The van der Waals surface area contributed by atoms with E-state index < -0.39 is 10.7 Å². The van der Waals surface area contributed by atoms with Gasteiger partial charge in [-0.05, 0) is 24.1 Å². The molecular weight excluding hydrogens is 261 g/mol. The summed E-state index contributed by atoms with van der Waals surface area (Å²) in [7, 11) is 0. The van der Waals surface area contributed by atoms with Gasteiger partial charge in [-0.1, -0.05) is 6.92 Å². The maximum atomic E-state index is 13.2. The Kier molecular flexibility index (Phi) is 4.34. The monoisotopic (exact) mass is 277 g/mol. The second-order valence-electron chi connectivity index (χ2n) is 4.53. The SMILES string of the molecule is CCCn1ccc(CNc2cc(F)ccc2[N+](=O)[O-])c1. The molecule has 6 heteroatoms. The van der Waals surface area contributed by atoms with E-state index in [0.717, 1.165) is 30.7 Å². The summed E-state index contributed by atoms with van der Waals surface area (Å²) in [6.45, 7) is 3.44. The lowest BCUT2D eigenvalue weighted by molar-refractivity contribution is -0.384. The van der Waals surface area contributed by atoms with Gasteiger partial charge in [-0.2, -0.15) is 0 Å². The van der Waals surface area contributed by atoms with Crippen LogP contribution in [0.15, 0.2) is 36.7 Å². The van der Waals surface area contributed by atoms with Gasteiger partial charge in [0, 0.05) is 37.6 Å². The molecule has 0 fully saturated rings. The first-order chi connectivity index (χ1) is 9.60. The van der Waals surface area contributed by atoms with Crippen molar-refractivity contribution < 1.29 is 9.31 Å². The van der Waals surface area contributed by atoms with Crippen molar-refractivity contribution in [2.24, 2.45) is 0 Å². The molecule has 2 aromatic rings. The second-order valence-corrected chi connectivity index (χ2v) is 4.53. The Morgan fingerprint density at radius 1 is 1.40 bits per heavy atom. The Balaban J connectivity index is 2.09. The number of halogens is 1. The highest BCUT2D eigenvalue weighted by Gasteiger charge is 2.14. The fraction of sp³-hybridized carbons (Fsp3) is 0.286. The molecule has 0 atom stereocenters. The molecule has 1 aromatic heterocycles. The molecule has 0 radical (unpaired) electrons. The van der Waals surface area contributed by atoms with E-state index in [2.05, 4.69) is 16.8 Å². The quantitative estimate of drug-likeness (QED) is 0.648. The third-order valence-corrected chi connectivity index (χ3v) is 2.93. The maximum absolute atomic E-state index is 13.2. The van der Waals surface area contributed by atoms with Crippen molar-refractivity contribution in [2.45, 2.75) is 26.4 Å². The Morgan fingerprint density at radius 2 is 2.20 bits per heavy atom. The van der Waals surface area contributed by atoms with Gasteiger partial charge < -0.3 is 9.88 Å². The van der Waals surface area contributed by atoms with Crippen LogP contribution in [0.3, 0.4) is 0 Å². The summed E-state index contributed by atoms with van der Waals surface area (Å²) in [6, 6.07) is 5.33. The molecule has 0 bridgehead atoms. The van der Waals surface area contributed by atoms with E-state index in [9.17, 15) is 14.5 Å². The number of nitrogens with zero attached hydrogens (tertiary/aromatic N) is 2. The fourth-order valence-corrected chi connectivity index (χ4v) is 2.00. The molecule has 20 heavy (non-hydrogen) atoms. The average Bonchev–Trinajstić information content (AvgIpc) is 2.84. The molecule has 1 heterocycles.